The zero-order chi connectivity index (χ0) is 14.4. The van der Waals surface area contributed by atoms with Crippen LogP contribution in [0.2, 0.25) is 0 Å². The predicted octanol–water partition coefficient (Wildman–Crippen LogP) is 2.86. The van der Waals surface area contributed by atoms with E-state index in [1.807, 2.05) is 30.3 Å². The Morgan fingerprint density at radius 2 is 1.95 bits per heavy atom. The first-order valence-electron chi connectivity index (χ1n) is 6.65. The van der Waals surface area contributed by atoms with Gasteiger partial charge in [-0.3, -0.25) is 9.59 Å². The van der Waals surface area contributed by atoms with Gasteiger partial charge in [0.1, 0.15) is 0 Å². The molecule has 1 saturated carbocycles. The SMILES string of the molecule is O=C(/C=C/C1CC1)NCCC(=O)Nc1ccc(Br)cc1. The fourth-order valence-corrected chi connectivity index (χ4v) is 1.89. The standard InChI is InChI=1S/C15H17BrN2O2/c16-12-4-6-13(7-5-12)18-15(20)9-10-17-14(19)8-3-11-1-2-11/h3-8,11H,1-2,9-10H2,(H,17,19)(H,18,20)/b8-3+. The first-order valence-corrected chi connectivity index (χ1v) is 7.44. The number of amides is 2. The number of hydrogen-bond acceptors (Lipinski definition) is 2. The number of halogens is 1. The van der Waals surface area contributed by atoms with Gasteiger partial charge >= 0.3 is 0 Å². The maximum absolute atomic E-state index is 11.7. The van der Waals surface area contributed by atoms with Crippen LogP contribution in [0.1, 0.15) is 19.3 Å². The minimum atomic E-state index is -0.131. The van der Waals surface area contributed by atoms with Crippen molar-refractivity contribution in [2.45, 2.75) is 19.3 Å². The van der Waals surface area contributed by atoms with Gasteiger partial charge in [-0.05, 0) is 49.1 Å². The van der Waals surface area contributed by atoms with Crippen molar-refractivity contribution >= 4 is 33.4 Å². The Bertz CT molecular complexity index is 507. The highest BCUT2D eigenvalue weighted by Crippen LogP contribution is 2.29. The molecule has 20 heavy (non-hydrogen) atoms. The molecule has 0 atom stereocenters. The smallest absolute Gasteiger partial charge is 0.243 e. The summed E-state index contributed by atoms with van der Waals surface area (Å²) in [4.78, 5) is 23.1. The van der Waals surface area contributed by atoms with Crippen molar-refractivity contribution in [3.63, 3.8) is 0 Å². The topological polar surface area (TPSA) is 58.2 Å². The van der Waals surface area contributed by atoms with Gasteiger partial charge in [-0.15, -0.1) is 0 Å². The molecule has 1 aromatic carbocycles. The molecule has 0 bridgehead atoms. The number of rotatable bonds is 6. The first-order chi connectivity index (χ1) is 9.63. The third-order valence-electron chi connectivity index (χ3n) is 2.92. The van der Waals surface area contributed by atoms with Gasteiger partial charge in [0, 0.05) is 23.1 Å². The van der Waals surface area contributed by atoms with Gasteiger partial charge in [-0.2, -0.15) is 0 Å². The van der Waals surface area contributed by atoms with Gasteiger partial charge in [0.2, 0.25) is 11.8 Å². The highest BCUT2D eigenvalue weighted by molar-refractivity contribution is 9.10. The molecule has 0 aliphatic heterocycles. The maximum atomic E-state index is 11.7. The molecule has 1 aliphatic carbocycles. The van der Waals surface area contributed by atoms with Crippen molar-refractivity contribution in [2.24, 2.45) is 5.92 Å². The van der Waals surface area contributed by atoms with Crippen LogP contribution in [0.4, 0.5) is 5.69 Å². The number of carbonyl (C=O) groups excluding carboxylic acids is 2. The van der Waals surface area contributed by atoms with E-state index in [1.54, 1.807) is 6.08 Å². The highest BCUT2D eigenvalue weighted by Gasteiger charge is 2.17. The molecule has 0 spiro atoms. The number of benzene rings is 1. The Morgan fingerprint density at radius 3 is 2.60 bits per heavy atom. The number of allylic oxidation sites excluding steroid dienone is 1. The van der Waals surface area contributed by atoms with Crippen LogP contribution in [0.5, 0.6) is 0 Å². The van der Waals surface area contributed by atoms with E-state index in [0.29, 0.717) is 12.5 Å². The molecule has 1 aromatic rings. The van der Waals surface area contributed by atoms with Crippen LogP contribution in [-0.4, -0.2) is 18.4 Å². The molecular formula is C15H17BrN2O2. The number of nitrogens with one attached hydrogen (secondary N) is 2. The van der Waals surface area contributed by atoms with E-state index in [0.717, 1.165) is 10.2 Å². The predicted molar refractivity (Wildman–Crippen MR) is 82.3 cm³/mol. The minimum Gasteiger partial charge on any atom is -0.352 e. The third-order valence-corrected chi connectivity index (χ3v) is 3.45. The molecule has 0 saturated heterocycles. The fourth-order valence-electron chi connectivity index (χ4n) is 1.63. The van der Waals surface area contributed by atoms with Gasteiger partial charge in [0.25, 0.3) is 0 Å². The van der Waals surface area contributed by atoms with Crippen LogP contribution in [0.25, 0.3) is 0 Å². The lowest BCUT2D eigenvalue weighted by Gasteiger charge is -2.05. The molecule has 2 N–H and O–H groups in total. The molecule has 4 nitrogen and oxygen atoms in total. The van der Waals surface area contributed by atoms with Gasteiger partial charge < -0.3 is 10.6 Å². The Morgan fingerprint density at radius 1 is 1.25 bits per heavy atom. The lowest BCUT2D eigenvalue weighted by atomic mass is 10.3. The quantitative estimate of drug-likeness (QED) is 0.785. The molecule has 1 fully saturated rings. The van der Waals surface area contributed by atoms with Crippen molar-refractivity contribution in [1.29, 1.82) is 0 Å². The first kappa shape index (κ1) is 14.8. The summed E-state index contributed by atoms with van der Waals surface area (Å²) in [5.74, 6) is 0.341. The van der Waals surface area contributed by atoms with E-state index in [1.165, 1.54) is 12.8 Å². The normalized spacial score (nSPS) is 14.2. The van der Waals surface area contributed by atoms with Crippen LogP contribution in [0.3, 0.4) is 0 Å². The molecule has 1 aliphatic rings. The molecule has 0 aromatic heterocycles. The van der Waals surface area contributed by atoms with E-state index in [9.17, 15) is 9.59 Å². The highest BCUT2D eigenvalue weighted by atomic mass is 79.9. The third kappa shape index (κ3) is 5.57. The number of carbonyl (C=O) groups is 2. The number of anilines is 1. The Kier molecular flexibility index (Phi) is 5.35. The molecule has 2 amide bonds. The Labute approximate surface area is 126 Å². The molecule has 5 heteroatoms. The van der Waals surface area contributed by atoms with E-state index >= 15 is 0 Å². The van der Waals surface area contributed by atoms with E-state index in [4.69, 9.17) is 0 Å². The summed E-state index contributed by atoms with van der Waals surface area (Å²) in [5.41, 5.74) is 0.748. The largest absolute Gasteiger partial charge is 0.352 e. The zero-order valence-electron chi connectivity index (χ0n) is 11.1. The molecule has 2 rings (SSSR count). The van der Waals surface area contributed by atoms with Crippen molar-refractivity contribution in [1.82, 2.24) is 5.32 Å². The number of hydrogen-bond donors (Lipinski definition) is 2. The van der Waals surface area contributed by atoms with E-state index in [-0.39, 0.29) is 18.2 Å². The summed E-state index contributed by atoms with van der Waals surface area (Å²) in [6, 6.07) is 7.36. The summed E-state index contributed by atoms with van der Waals surface area (Å²) in [7, 11) is 0. The second-order valence-electron chi connectivity index (χ2n) is 4.79. The zero-order valence-corrected chi connectivity index (χ0v) is 12.7. The van der Waals surface area contributed by atoms with Crippen molar-refractivity contribution < 1.29 is 9.59 Å². The second kappa shape index (κ2) is 7.24. The molecular weight excluding hydrogens is 320 g/mol. The second-order valence-corrected chi connectivity index (χ2v) is 5.71. The summed E-state index contributed by atoms with van der Waals surface area (Å²) < 4.78 is 0.963. The Hall–Kier alpha value is -1.62. The van der Waals surface area contributed by atoms with Gasteiger partial charge in [-0.1, -0.05) is 22.0 Å². The van der Waals surface area contributed by atoms with Crippen LogP contribution >= 0.6 is 15.9 Å². The molecule has 106 valence electrons. The van der Waals surface area contributed by atoms with Crippen LogP contribution in [0, 0.1) is 5.92 Å². The van der Waals surface area contributed by atoms with Crippen molar-refractivity contribution in [3.8, 4) is 0 Å². The summed E-state index contributed by atoms with van der Waals surface area (Å²) in [6.45, 7) is 0.343. The van der Waals surface area contributed by atoms with Gasteiger partial charge in [-0.25, -0.2) is 0 Å². The summed E-state index contributed by atoms with van der Waals surface area (Å²) in [5, 5.41) is 5.47. The minimum absolute atomic E-state index is 0.112. The molecule has 0 unspecified atom stereocenters. The average molecular weight is 337 g/mol. The lowest BCUT2D eigenvalue weighted by Crippen LogP contribution is -2.26. The summed E-state index contributed by atoms with van der Waals surface area (Å²) >= 11 is 3.33. The summed E-state index contributed by atoms with van der Waals surface area (Å²) in [6.07, 6.45) is 6.11. The van der Waals surface area contributed by atoms with Crippen LogP contribution < -0.4 is 10.6 Å². The molecule has 0 radical (unpaired) electrons. The fraction of sp³-hybridized carbons (Fsp3) is 0.333. The average Bonchev–Trinajstić information content (AvgIpc) is 3.23. The van der Waals surface area contributed by atoms with Crippen LogP contribution in [-0.2, 0) is 9.59 Å². The van der Waals surface area contributed by atoms with Crippen molar-refractivity contribution in [3.05, 3.63) is 40.9 Å². The monoisotopic (exact) mass is 336 g/mol. The van der Waals surface area contributed by atoms with E-state index < -0.39 is 0 Å². The van der Waals surface area contributed by atoms with Gasteiger partial charge in [0.15, 0.2) is 0 Å². The van der Waals surface area contributed by atoms with Crippen molar-refractivity contribution in [2.75, 3.05) is 11.9 Å². The lowest BCUT2D eigenvalue weighted by molar-refractivity contribution is -0.117. The Balaban J connectivity index is 1.64. The van der Waals surface area contributed by atoms with Gasteiger partial charge in [0.05, 0.1) is 0 Å². The molecule has 0 heterocycles. The maximum Gasteiger partial charge on any atom is 0.243 e. The van der Waals surface area contributed by atoms with Crippen LogP contribution in [0.15, 0.2) is 40.9 Å². The van der Waals surface area contributed by atoms with E-state index in [2.05, 4.69) is 26.6 Å².